The molecule has 2 fully saturated rings. The van der Waals surface area contributed by atoms with Crippen LogP contribution in [-0.2, 0) is 23.2 Å². The number of pyridine rings is 1. The molecule has 0 spiro atoms. The third-order valence-electron chi connectivity index (χ3n) is 6.38. The number of piperazine rings is 1. The number of nitriles is 1. The van der Waals surface area contributed by atoms with E-state index < -0.39 is 0 Å². The van der Waals surface area contributed by atoms with Gasteiger partial charge in [0.25, 0.3) is 0 Å². The Hall–Kier alpha value is -2.72. The molecule has 0 amide bonds. The zero-order chi connectivity index (χ0) is 21.6. The Morgan fingerprint density at radius 2 is 1.77 bits per heavy atom. The Kier molecular flexibility index (Phi) is 5.05. The molecular weight excluding hydrogens is 388 g/mol. The molecule has 1 aliphatic carbocycles. The van der Waals surface area contributed by atoms with Gasteiger partial charge in [0.05, 0.1) is 30.2 Å². The molecule has 0 radical (unpaired) electrons. The summed E-state index contributed by atoms with van der Waals surface area (Å²) in [5, 5.41) is 9.69. The van der Waals surface area contributed by atoms with Crippen LogP contribution in [0.3, 0.4) is 0 Å². The van der Waals surface area contributed by atoms with Crippen molar-refractivity contribution in [2.45, 2.75) is 58.0 Å². The van der Waals surface area contributed by atoms with Crippen LogP contribution in [0.2, 0.25) is 0 Å². The van der Waals surface area contributed by atoms with Gasteiger partial charge in [-0.15, -0.1) is 0 Å². The number of hydrogen-bond acceptors (Lipinski definition) is 7. The average molecular weight is 419 g/mol. The lowest BCUT2D eigenvalue weighted by atomic mass is 9.91. The summed E-state index contributed by atoms with van der Waals surface area (Å²) in [6.45, 7) is 11.3. The second kappa shape index (κ2) is 7.76. The Morgan fingerprint density at radius 3 is 2.45 bits per heavy atom. The molecule has 1 saturated heterocycles. The molecular formula is C24H30N6O. The maximum atomic E-state index is 9.69. The molecule has 1 saturated carbocycles. The first-order valence-electron chi connectivity index (χ1n) is 11.3. The lowest BCUT2D eigenvalue weighted by Crippen LogP contribution is -2.47. The number of nitrogens with zero attached hydrogens (tertiary/aromatic N) is 6. The molecule has 0 atom stereocenters. The second-order valence-electron chi connectivity index (χ2n) is 9.85. The van der Waals surface area contributed by atoms with Crippen molar-refractivity contribution in [2.75, 3.05) is 42.6 Å². The molecule has 4 heterocycles. The summed E-state index contributed by atoms with van der Waals surface area (Å²) in [4.78, 5) is 19.3. The van der Waals surface area contributed by atoms with E-state index in [2.05, 4.69) is 42.7 Å². The van der Waals surface area contributed by atoms with Crippen molar-refractivity contribution in [1.82, 2.24) is 15.0 Å². The molecule has 7 heteroatoms. The van der Waals surface area contributed by atoms with Gasteiger partial charge >= 0.3 is 0 Å². The van der Waals surface area contributed by atoms with E-state index in [-0.39, 0.29) is 5.41 Å². The van der Waals surface area contributed by atoms with E-state index in [0.29, 0.717) is 24.7 Å². The van der Waals surface area contributed by atoms with Crippen molar-refractivity contribution in [3.8, 4) is 6.07 Å². The number of fused-ring (bicyclic) bond motifs is 1. The van der Waals surface area contributed by atoms with Crippen molar-refractivity contribution >= 4 is 11.6 Å². The fraction of sp³-hybridized carbons (Fsp3) is 0.583. The molecule has 2 aliphatic heterocycles. The summed E-state index contributed by atoms with van der Waals surface area (Å²) in [5.74, 6) is 3.40. The quantitative estimate of drug-likeness (QED) is 0.757. The van der Waals surface area contributed by atoms with Crippen molar-refractivity contribution in [3.05, 3.63) is 40.5 Å². The molecule has 3 aliphatic rings. The fourth-order valence-electron chi connectivity index (χ4n) is 4.27. The van der Waals surface area contributed by atoms with Gasteiger partial charge in [-0.05, 0) is 18.9 Å². The van der Waals surface area contributed by atoms with E-state index in [4.69, 9.17) is 19.7 Å². The lowest BCUT2D eigenvalue weighted by Gasteiger charge is -2.37. The summed E-state index contributed by atoms with van der Waals surface area (Å²) in [6.07, 6.45) is 3.22. The molecule has 5 rings (SSSR count). The number of ether oxygens (including phenoxy) is 1. The molecule has 0 unspecified atom stereocenters. The minimum Gasteiger partial charge on any atom is -0.376 e. The van der Waals surface area contributed by atoms with Gasteiger partial charge in [0.15, 0.2) is 0 Å². The Labute approximate surface area is 184 Å². The second-order valence-corrected chi connectivity index (χ2v) is 9.85. The first-order valence-corrected chi connectivity index (χ1v) is 11.3. The highest BCUT2D eigenvalue weighted by atomic mass is 16.5. The molecule has 7 nitrogen and oxygen atoms in total. The van der Waals surface area contributed by atoms with Gasteiger partial charge in [-0.25, -0.2) is 15.0 Å². The molecule has 162 valence electrons. The predicted octanol–water partition coefficient (Wildman–Crippen LogP) is 3.32. The van der Waals surface area contributed by atoms with Crippen LogP contribution in [0, 0.1) is 11.3 Å². The van der Waals surface area contributed by atoms with Crippen LogP contribution in [0.15, 0.2) is 12.1 Å². The third kappa shape index (κ3) is 4.09. The Balaban J connectivity index is 1.37. The summed E-state index contributed by atoms with van der Waals surface area (Å²) < 4.78 is 5.53. The van der Waals surface area contributed by atoms with Gasteiger partial charge in [-0.3, -0.25) is 0 Å². The zero-order valence-corrected chi connectivity index (χ0v) is 18.7. The van der Waals surface area contributed by atoms with Crippen LogP contribution in [0.5, 0.6) is 0 Å². The first-order chi connectivity index (χ1) is 14.9. The van der Waals surface area contributed by atoms with Crippen molar-refractivity contribution in [3.63, 3.8) is 0 Å². The summed E-state index contributed by atoms with van der Waals surface area (Å²) in [6, 6.07) is 6.47. The SMILES string of the molecule is CC(C)(C)c1cc(N2CCN(c3nc4c(cc3C#N)COCC4)CC2)nc(C2CC2)n1. The zero-order valence-electron chi connectivity index (χ0n) is 18.7. The normalized spacial score (nSPS) is 19.2. The van der Waals surface area contributed by atoms with Gasteiger partial charge in [-0.2, -0.15) is 5.26 Å². The van der Waals surface area contributed by atoms with Crippen LogP contribution in [0.4, 0.5) is 11.6 Å². The number of hydrogen-bond donors (Lipinski definition) is 0. The van der Waals surface area contributed by atoms with E-state index in [0.717, 1.165) is 67.0 Å². The van der Waals surface area contributed by atoms with Crippen LogP contribution >= 0.6 is 0 Å². The minimum absolute atomic E-state index is 0.00160. The smallest absolute Gasteiger partial charge is 0.146 e. The van der Waals surface area contributed by atoms with Gasteiger partial charge in [0, 0.05) is 55.6 Å². The maximum Gasteiger partial charge on any atom is 0.146 e. The molecule has 2 aromatic heterocycles. The summed E-state index contributed by atoms with van der Waals surface area (Å²) in [7, 11) is 0. The number of rotatable bonds is 3. The highest BCUT2D eigenvalue weighted by Gasteiger charge is 2.31. The Morgan fingerprint density at radius 1 is 1.03 bits per heavy atom. The van der Waals surface area contributed by atoms with E-state index in [9.17, 15) is 5.26 Å². The van der Waals surface area contributed by atoms with E-state index in [1.807, 2.05) is 6.07 Å². The minimum atomic E-state index is 0.00160. The van der Waals surface area contributed by atoms with Crippen molar-refractivity contribution < 1.29 is 4.74 Å². The molecule has 2 aromatic rings. The van der Waals surface area contributed by atoms with Crippen LogP contribution in [0.1, 0.15) is 67.9 Å². The highest BCUT2D eigenvalue weighted by molar-refractivity contribution is 5.57. The van der Waals surface area contributed by atoms with Crippen molar-refractivity contribution in [2.24, 2.45) is 0 Å². The summed E-state index contributed by atoms with van der Waals surface area (Å²) in [5.41, 5.74) is 3.88. The largest absolute Gasteiger partial charge is 0.376 e. The third-order valence-corrected chi connectivity index (χ3v) is 6.38. The summed E-state index contributed by atoms with van der Waals surface area (Å²) >= 11 is 0. The average Bonchev–Trinajstić information content (AvgIpc) is 3.63. The van der Waals surface area contributed by atoms with Gasteiger partial charge < -0.3 is 14.5 Å². The Bertz CT molecular complexity index is 1030. The van der Waals surface area contributed by atoms with Gasteiger partial charge in [0.1, 0.15) is 23.5 Å². The monoisotopic (exact) mass is 418 g/mol. The highest BCUT2D eigenvalue weighted by Crippen LogP contribution is 2.39. The van der Waals surface area contributed by atoms with E-state index in [1.165, 1.54) is 12.8 Å². The molecule has 0 bridgehead atoms. The lowest BCUT2D eigenvalue weighted by molar-refractivity contribution is 0.109. The van der Waals surface area contributed by atoms with E-state index >= 15 is 0 Å². The van der Waals surface area contributed by atoms with Crippen LogP contribution in [0.25, 0.3) is 0 Å². The number of anilines is 2. The van der Waals surface area contributed by atoms with E-state index in [1.54, 1.807) is 0 Å². The number of aromatic nitrogens is 3. The van der Waals surface area contributed by atoms with Gasteiger partial charge in [0.2, 0.25) is 0 Å². The van der Waals surface area contributed by atoms with Crippen LogP contribution < -0.4 is 9.80 Å². The fourth-order valence-corrected chi connectivity index (χ4v) is 4.27. The first kappa shape index (κ1) is 20.2. The van der Waals surface area contributed by atoms with Gasteiger partial charge in [-0.1, -0.05) is 20.8 Å². The topological polar surface area (TPSA) is 78.2 Å². The molecule has 31 heavy (non-hydrogen) atoms. The van der Waals surface area contributed by atoms with Crippen LogP contribution in [-0.4, -0.2) is 47.7 Å². The molecule has 0 aromatic carbocycles. The predicted molar refractivity (Wildman–Crippen MR) is 119 cm³/mol. The molecule has 0 N–H and O–H groups in total. The standard InChI is InChI=1S/C24H30N6O/c1-24(2,3)20-13-21(28-22(27-20)16-4-5-16)29-7-9-30(10-8-29)23-17(14-25)12-18-15-31-11-6-19(18)26-23/h12-13,16H,4-11,15H2,1-3H3. The maximum absolute atomic E-state index is 9.69. The van der Waals surface area contributed by atoms with Crippen molar-refractivity contribution in [1.29, 1.82) is 5.26 Å².